The van der Waals surface area contributed by atoms with Crippen LogP contribution in [0, 0.1) is 0 Å². The summed E-state index contributed by atoms with van der Waals surface area (Å²) in [5, 5.41) is 17.1. The van der Waals surface area contributed by atoms with Crippen LogP contribution in [0.4, 0.5) is 0 Å². The molecule has 0 aliphatic carbocycles. The second-order valence-electron chi connectivity index (χ2n) is 6.93. The highest BCUT2D eigenvalue weighted by Gasteiger charge is 1.97. The minimum atomic E-state index is -0.680. The number of allylic oxidation sites excluding steroid dienone is 2. The highest BCUT2D eigenvalue weighted by Crippen LogP contribution is 2.11. The Morgan fingerprint density at radius 1 is 0.480 bits per heavy atom. The molecule has 0 aromatic carbocycles. The van der Waals surface area contributed by atoms with E-state index in [9.17, 15) is 9.59 Å². The van der Waals surface area contributed by atoms with E-state index in [2.05, 4.69) is 12.2 Å². The molecule has 25 heavy (non-hydrogen) atoms. The van der Waals surface area contributed by atoms with Crippen molar-refractivity contribution in [3.63, 3.8) is 0 Å². The molecule has 0 saturated heterocycles. The smallest absolute Gasteiger partial charge is 0.303 e. The van der Waals surface area contributed by atoms with Gasteiger partial charge in [-0.1, -0.05) is 69.9 Å². The highest BCUT2D eigenvalue weighted by atomic mass is 16.4. The van der Waals surface area contributed by atoms with E-state index in [-0.39, 0.29) is 0 Å². The van der Waals surface area contributed by atoms with Gasteiger partial charge in [-0.2, -0.15) is 0 Å². The van der Waals surface area contributed by atoms with Gasteiger partial charge in [0.25, 0.3) is 0 Å². The maximum Gasteiger partial charge on any atom is 0.303 e. The van der Waals surface area contributed by atoms with Gasteiger partial charge in [-0.25, -0.2) is 0 Å². The minimum absolute atomic E-state index is 0.313. The summed E-state index contributed by atoms with van der Waals surface area (Å²) < 4.78 is 0. The van der Waals surface area contributed by atoms with E-state index in [1.54, 1.807) is 0 Å². The van der Waals surface area contributed by atoms with Gasteiger partial charge in [0.2, 0.25) is 0 Å². The molecule has 0 rings (SSSR count). The lowest BCUT2D eigenvalue weighted by atomic mass is 10.1. The number of carboxylic acid groups (broad SMARTS) is 2. The van der Waals surface area contributed by atoms with Gasteiger partial charge in [0.05, 0.1) is 0 Å². The molecule has 0 aliphatic rings. The summed E-state index contributed by atoms with van der Waals surface area (Å²) in [7, 11) is 0. The number of carboxylic acids is 2. The van der Waals surface area contributed by atoms with Crippen LogP contribution in [-0.2, 0) is 9.59 Å². The maximum absolute atomic E-state index is 10.4. The van der Waals surface area contributed by atoms with Crippen LogP contribution in [-0.4, -0.2) is 22.2 Å². The Balaban J connectivity index is 3.11. The third kappa shape index (κ3) is 22.7. The summed E-state index contributed by atoms with van der Waals surface area (Å²) in [6.07, 6.45) is 22.4. The standard InChI is InChI=1S/C21H38O4/c22-20(23)18-16-14-12-10-8-6-4-2-1-3-5-7-9-11-13-15-17-19-21(24)25/h1-2H,3-19H2,(H,22,23)(H,24,25). The van der Waals surface area contributed by atoms with Gasteiger partial charge in [0, 0.05) is 12.8 Å². The molecule has 0 bridgehead atoms. The van der Waals surface area contributed by atoms with Crippen LogP contribution < -0.4 is 0 Å². The lowest BCUT2D eigenvalue weighted by molar-refractivity contribution is -0.138. The van der Waals surface area contributed by atoms with Crippen LogP contribution in [0.3, 0.4) is 0 Å². The van der Waals surface area contributed by atoms with Gasteiger partial charge >= 0.3 is 11.9 Å². The molecule has 0 saturated carbocycles. The van der Waals surface area contributed by atoms with Crippen molar-refractivity contribution < 1.29 is 19.8 Å². The van der Waals surface area contributed by atoms with Crippen LogP contribution in [0.1, 0.15) is 109 Å². The van der Waals surface area contributed by atoms with Crippen molar-refractivity contribution in [2.75, 3.05) is 0 Å². The zero-order valence-electron chi connectivity index (χ0n) is 15.9. The third-order valence-electron chi connectivity index (χ3n) is 4.44. The molecule has 0 amide bonds. The predicted molar refractivity (Wildman–Crippen MR) is 103 cm³/mol. The van der Waals surface area contributed by atoms with E-state index in [4.69, 9.17) is 10.2 Å². The first kappa shape index (κ1) is 23.7. The maximum atomic E-state index is 10.4. The van der Waals surface area contributed by atoms with E-state index in [1.165, 1.54) is 64.2 Å². The Hall–Kier alpha value is -1.32. The topological polar surface area (TPSA) is 74.6 Å². The van der Waals surface area contributed by atoms with Crippen LogP contribution in [0.5, 0.6) is 0 Å². The van der Waals surface area contributed by atoms with Gasteiger partial charge in [0.1, 0.15) is 0 Å². The molecule has 0 radical (unpaired) electrons. The Morgan fingerprint density at radius 2 is 0.760 bits per heavy atom. The van der Waals surface area contributed by atoms with E-state index >= 15 is 0 Å². The quantitative estimate of drug-likeness (QED) is 0.209. The Labute approximate surface area is 153 Å². The molecule has 4 heteroatoms. The number of aliphatic carboxylic acids is 2. The predicted octanol–water partition coefficient (Wildman–Crippen LogP) is 6.34. The molecular weight excluding hydrogens is 316 g/mol. The average molecular weight is 355 g/mol. The number of unbranched alkanes of at least 4 members (excludes halogenated alkanes) is 13. The Bertz CT molecular complexity index is 350. The molecule has 0 aliphatic heterocycles. The van der Waals surface area contributed by atoms with Crippen molar-refractivity contribution in [2.45, 2.75) is 109 Å². The molecule has 0 heterocycles. The zero-order valence-corrected chi connectivity index (χ0v) is 15.9. The largest absolute Gasteiger partial charge is 0.481 e. The fraction of sp³-hybridized carbons (Fsp3) is 0.810. The molecule has 0 aromatic rings. The van der Waals surface area contributed by atoms with E-state index in [0.717, 1.165) is 32.1 Å². The molecule has 146 valence electrons. The first-order chi connectivity index (χ1) is 12.1. The van der Waals surface area contributed by atoms with Crippen molar-refractivity contribution in [1.29, 1.82) is 0 Å². The molecule has 0 spiro atoms. The second-order valence-corrected chi connectivity index (χ2v) is 6.93. The number of hydrogen-bond acceptors (Lipinski definition) is 2. The SMILES string of the molecule is O=C(O)CCCCCCCCC=CCCCCCCCCCC(=O)O. The number of rotatable bonds is 19. The van der Waals surface area contributed by atoms with Crippen LogP contribution in [0.15, 0.2) is 12.2 Å². The minimum Gasteiger partial charge on any atom is -0.481 e. The van der Waals surface area contributed by atoms with Crippen molar-refractivity contribution >= 4 is 11.9 Å². The molecule has 0 unspecified atom stereocenters. The van der Waals surface area contributed by atoms with E-state index in [0.29, 0.717) is 12.8 Å². The van der Waals surface area contributed by atoms with Gasteiger partial charge in [-0.15, -0.1) is 0 Å². The summed E-state index contributed by atoms with van der Waals surface area (Å²) in [6.45, 7) is 0. The van der Waals surface area contributed by atoms with Gasteiger partial charge in [-0.05, 0) is 38.5 Å². The summed E-state index contributed by atoms with van der Waals surface area (Å²) in [5.41, 5.74) is 0. The van der Waals surface area contributed by atoms with Gasteiger partial charge in [-0.3, -0.25) is 9.59 Å². The second kappa shape index (κ2) is 19.0. The fourth-order valence-electron chi connectivity index (χ4n) is 2.90. The van der Waals surface area contributed by atoms with Gasteiger partial charge in [0.15, 0.2) is 0 Å². The monoisotopic (exact) mass is 354 g/mol. The van der Waals surface area contributed by atoms with E-state index in [1.807, 2.05) is 0 Å². The molecule has 4 nitrogen and oxygen atoms in total. The number of hydrogen-bond donors (Lipinski definition) is 2. The Kier molecular flexibility index (Phi) is 18.0. The molecule has 0 atom stereocenters. The molecule has 0 fully saturated rings. The van der Waals surface area contributed by atoms with Crippen molar-refractivity contribution in [2.24, 2.45) is 0 Å². The van der Waals surface area contributed by atoms with Crippen LogP contribution in [0.2, 0.25) is 0 Å². The van der Waals surface area contributed by atoms with Gasteiger partial charge < -0.3 is 10.2 Å². The lowest BCUT2D eigenvalue weighted by Crippen LogP contribution is -1.93. The average Bonchev–Trinajstić information content (AvgIpc) is 2.56. The first-order valence-electron chi connectivity index (χ1n) is 10.2. The summed E-state index contributed by atoms with van der Waals surface area (Å²) in [6, 6.07) is 0. The fourth-order valence-corrected chi connectivity index (χ4v) is 2.90. The third-order valence-corrected chi connectivity index (χ3v) is 4.44. The van der Waals surface area contributed by atoms with Crippen molar-refractivity contribution in [1.82, 2.24) is 0 Å². The molecular formula is C21H38O4. The van der Waals surface area contributed by atoms with E-state index < -0.39 is 11.9 Å². The highest BCUT2D eigenvalue weighted by molar-refractivity contribution is 5.66. The lowest BCUT2D eigenvalue weighted by Gasteiger charge is -2.00. The molecule has 0 aromatic heterocycles. The Morgan fingerprint density at radius 3 is 1.08 bits per heavy atom. The first-order valence-corrected chi connectivity index (χ1v) is 10.2. The van der Waals surface area contributed by atoms with Crippen LogP contribution >= 0.6 is 0 Å². The normalized spacial score (nSPS) is 11.2. The number of carbonyl (C=O) groups is 2. The summed E-state index contributed by atoms with van der Waals surface area (Å²) in [5.74, 6) is -1.36. The van der Waals surface area contributed by atoms with Crippen LogP contribution in [0.25, 0.3) is 0 Å². The molecule has 2 N–H and O–H groups in total. The van der Waals surface area contributed by atoms with Crippen molar-refractivity contribution in [3.8, 4) is 0 Å². The summed E-state index contributed by atoms with van der Waals surface area (Å²) >= 11 is 0. The zero-order chi connectivity index (χ0) is 18.6. The summed E-state index contributed by atoms with van der Waals surface area (Å²) in [4.78, 5) is 20.7. The van der Waals surface area contributed by atoms with Crippen molar-refractivity contribution in [3.05, 3.63) is 12.2 Å².